The lowest BCUT2D eigenvalue weighted by Gasteiger charge is -2.06. The molecule has 0 radical (unpaired) electrons. The minimum absolute atomic E-state index is 0.789. The third-order valence-corrected chi connectivity index (χ3v) is 6.26. The lowest BCUT2D eigenvalue weighted by Crippen LogP contribution is -1.96. The van der Waals surface area contributed by atoms with Gasteiger partial charge in [0, 0.05) is 23.3 Å². The van der Waals surface area contributed by atoms with Gasteiger partial charge in [0.1, 0.15) is 5.75 Å². The van der Waals surface area contributed by atoms with E-state index in [1.807, 2.05) is 11.3 Å². The summed E-state index contributed by atoms with van der Waals surface area (Å²) in [6.07, 6.45) is 3.54. The molecular formula is C28H27OS+. The second-order valence-electron chi connectivity index (χ2n) is 7.39. The number of benzene rings is 3. The summed E-state index contributed by atoms with van der Waals surface area (Å²) in [5.74, 6) is 0.947. The Balaban J connectivity index is 1.67. The molecule has 0 bridgehead atoms. The van der Waals surface area contributed by atoms with Gasteiger partial charge >= 0.3 is 0 Å². The van der Waals surface area contributed by atoms with Gasteiger partial charge in [-0.05, 0) is 53.9 Å². The number of hydrogen-bond acceptors (Lipinski definition) is 1. The van der Waals surface area contributed by atoms with Gasteiger partial charge in [0.15, 0.2) is 0 Å². The molecule has 0 spiro atoms. The fourth-order valence-corrected chi connectivity index (χ4v) is 4.56. The van der Waals surface area contributed by atoms with Crippen molar-refractivity contribution in [3.63, 3.8) is 0 Å². The van der Waals surface area contributed by atoms with Crippen LogP contribution in [0.25, 0.3) is 32.0 Å². The number of hydrogen-bond donors (Lipinski definition) is 0. The Kier molecular flexibility index (Phi) is 6.89. The van der Waals surface area contributed by atoms with Crippen LogP contribution in [0.2, 0.25) is 0 Å². The largest absolute Gasteiger partial charge is 0.494 e. The smallest absolute Gasteiger partial charge is 0.239 e. The topological polar surface area (TPSA) is 9.23 Å². The van der Waals surface area contributed by atoms with Crippen LogP contribution in [-0.4, -0.2) is 6.61 Å². The lowest BCUT2D eigenvalue weighted by atomic mass is 10.0. The molecule has 4 aromatic rings. The fraction of sp³-hybridized carbons (Fsp3) is 0.179. The highest BCUT2D eigenvalue weighted by atomic mass is 32.1. The maximum atomic E-state index is 5.89. The molecule has 0 aliphatic carbocycles. The zero-order valence-corrected chi connectivity index (χ0v) is 18.2. The van der Waals surface area contributed by atoms with Gasteiger partial charge in [-0.3, -0.25) is 0 Å². The minimum Gasteiger partial charge on any atom is -0.494 e. The molecule has 0 aliphatic heterocycles. The van der Waals surface area contributed by atoms with Crippen LogP contribution in [0.4, 0.5) is 0 Å². The zero-order valence-electron chi connectivity index (χ0n) is 17.4. The quantitative estimate of drug-likeness (QED) is 0.208. The molecule has 0 saturated heterocycles. The van der Waals surface area contributed by atoms with E-state index in [1.54, 1.807) is 0 Å². The Morgan fingerprint density at radius 3 is 1.77 bits per heavy atom. The summed E-state index contributed by atoms with van der Waals surface area (Å²) in [4.78, 5) is 2.53. The molecule has 2 heteroatoms. The summed E-state index contributed by atoms with van der Waals surface area (Å²) in [6, 6.07) is 34.3. The van der Waals surface area contributed by atoms with Gasteiger partial charge in [0.05, 0.1) is 6.61 Å². The monoisotopic (exact) mass is 411 g/mol. The van der Waals surface area contributed by atoms with Gasteiger partial charge in [-0.1, -0.05) is 68.3 Å². The van der Waals surface area contributed by atoms with E-state index in [0.29, 0.717) is 0 Å². The molecule has 3 aromatic carbocycles. The van der Waals surface area contributed by atoms with E-state index < -0.39 is 0 Å². The predicted molar refractivity (Wildman–Crippen MR) is 130 cm³/mol. The van der Waals surface area contributed by atoms with Crippen LogP contribution in [0.3, 0.4) is 0 Å². The molecule has 1 aromatic heterocycles. The SMILES string of the molecule is CCCCCOc1ccc(-c2cc(-c3ccccc3)cc(-c3ccccc3)[s+]2)cc1. The highest BCUT2D eigenvalue weighted by Gasteiger charge is 2.19. The van der Waals surface area contributed by atoms with Gasteiger partial charge in [-0.2, -0.15) is 0 Å². The molecule has 0 atom stereocenters. The average molecular weight is 412 g/mol. The van der Waals surface area contributed by atoms with Crippen LogP contribution >= 0.6 is 11.3 Å². The molecule has 0 fully saturated rings. The van der Waals surface area contributed by atoms with Crippen molar-refractivity contribution in [3.05, 3.63) is 97.1 Å². The number of ether oxygens (including phenoxy) is 1. The summed E-state index contributed by atoms with van der Waals surface area (Å²) in [5, 5.41) is 0. The standard InChI is InChI=1S/C28H27OS/c1-2-3-10-19-29-26-17-15-24(16-18-26)28-21-25(22-11-6-4-7-12-22)20-27(30-28)23-13-8-5-9-14-23/h4-9,11-18,20-21H,2-3,10,19H2,1H3/q+1. The summed E-state index contributed by atoms with van der Waals surface area (Å²) in [7, 11) is 0. The second kappa shape index (κ2) is 10.2. The van der Waals surface area contributed by atoms with E-state index in [2.05, 4.69) is 104 Å². The third kappa shape index (κ3) is 5.14. The first-order valence-corrected chi connectivity index (χ1v) is 11.5. The Morgan fingerprint density at radius 2 is 1.17 bits per heavy atom. The van der Waals surface area contributed by atoms with E-state index in [9.17, 15) is 0 Å². The van der Waals surface area contributed by atoms with Gasteiger partial charge < -0.3 is 4.74 Å². The van der Waals surface area contributed by atoms with E-state index >= 15 is 0 Å². The number of unbranched alkanes of at least 4 members (excludes halogenated alkanes) is 2. The first-order chi connectivity index (χ1) is 14.8. The lowest BCUT2D eigenvalue weighted by molar-refractivity contribution is 0.306. The molecule has 30 heavy (non-hydrogen) atoms. The van der Waals surface area contributed by atoms with E-state index in [1.165, 1.54) is 44.8 Å². The van der Waals surface area contributed by atoms with Crippen LogP contribution < -0.4 is 4.74 Å². The summed E-state index contributed by atoms with van der Waals surface area (Å²) < 4.78 is 5.89. The highest BCUT2D eigenvalue weighted by molar-refractivity contribution is 7.18. The van der Waals surface area contributed by atoms with Crippen molar-refractivity contribution in [1.29, 1.82) is 0 Å². The molecule has 4 rings (SSSR count). The van der Waals surface area contributed by atoms with Crippen molar-refractivity contribution in [2.75, 3.05) is 6.61 Å². The summed E-state index contributed by atoms with van der Waals surface area (Å²) in [5.41, 5.74) is 4.94. The van der Waals surface area contributed by atoms with Crippen LogP contribution in [0.15, 0.2) is 97.1 Å². The first kappa shape index (κ1) is 20.3. The molecule has 0 N–H and O–H groups in total. The van der Waals surface area contributed by atoms with Crippen LogP contribution in [0, 0.1) is 0 Å². The van der Waals surface area contributed by atoms with Gasteiger partial charge in [0.2, 0.25) is 21.1 Å². The second-order valence-corrected chi connectivity index (χ2v) is 8.47. The molecule has 0 saturated carbocycles. The molecule has 0 unspecified atom stereocenters. The van der Waals surface area contributed by atoms with Crippen LogP contribution in [-0.2, 0) is 0 Å². The van der Waals surface area contributed by atoms with Gasteiger partial charge in [-0.25, -0.2) is 0 Å². The third-order valence-electron chi connectivity index (χ3n) is 5.11. The van der Waals surface area contributed by atoms with E-state index in [4.69, 9.17) is 4.74 Å². The predicted octanol–water partition coefficient (Wildman–Crippen LogP) is 8.60. The first-order valence-electron chi connectivity index (χ1n) is 10.7. The summed E-state index contributed by atoms with van der Waals surface area (Å²) >= 11 is 1.83. The Labute approximate surface area is 183 Å². The molecule has 1 heterocycles. The van der Waals surface area contributed by atoms with Crippen molar-refractivity contribution < 1.29 is 4.74 Å². The Hall–Kier alpha value is -2.97. The highest BCUT2D eigenvalue weighted by Crippen LogP contribution is 2.37. The molecule has 1 nitrogen and oxygen atoms in total. The van der Waals surface area contributed by atoms with Gasteiger partial charge in [0.25, 0.3) is 0 Å². The van der Waals surface area contributed by atoms with Crippen molar-refractivity contribution in [2.24, 2.45) is 0 Å². The Morgan fingerprint density at radius 1 is 0.600 bits per heavy atom. The normalized spacial score (nSPS) is 10.7. The molecule has 0 aliphatic rings. The molecule has 0 amide bonds. The number of rotatable bonds is 8. The van der Waals surface area contributed by atoms with Crippen LogP contribution in [0.5, 0.6) is 5.75 Å². The van der Waals surface area contributed by atoms with Gasteiger partial charge in [-0.15, -0.1) is 0 Å². The molecular weight excluding hydrogens is 384 g/mol. The van der Waals surface area contributed by atoms with E-state index in [-0.39, 0.29) is 0 Å². The minimum atomic E-state index is 0.789. The van der Waals surface area contributed by atoms with Crippen molar-refractivity contribution in [2.45, 2.75) is 26.2 Å². The molecule has 150 valence electrons. The zero-order chi connectivity index (χ0) is 20.6. The maximum Gasteiger partial charge on any atom is 0.239 e. The summed E-state index contributed by atoms with van der Waals surface area (Å²) in [6.45, 7) is 3.00. The average Bonchev–Trinajstić information content (AvgIpc) is 2.83. The van der Waals surface area contributed by atoms with E-state index in [0.717, 1.165) is 18.8 Å². The van der Waals surface area contributed by atoms with Crippen molar-refractivity contribution >= 4 is 11.3 Å². The van der Waals surface area contributed by atoms with Crippen molar-refractivity contribution in [3.8, 4) is 37.8 Å². The fourth-order valence-electron chi connectivity index (χ4n) is 3.44. The van der Waals surface area contributed by atoms with Crippen molar-refractivity contribution in [1.82, 2.24) is 0 Å². The Bertz CT molecular complexity index is 999. The van der Waals surface area contributed by atoms with Crippen LogP contribution in [0.1, 0.15) is 26.2 Å². The maximum absolute atomic E-state index is 5.89.